The van der Waals surface area contributed by atoms with Crippen molar-refractivity contribution in [2.24, 2.45) is 17.8 Å². The van der Waals surface area contributed by atoms with Crippen molar-refractivity contribution in [3.8, 4) is 0 Å². The third-order valence-electron chi connectivity index (χ3n) is 6.10. The van der Waals surface area contributed by atoms with E-state index in [0.29, 0.717) is 17.0 Å². The number of hydrogen-bond acceptors (Lipinski definition) is 4. The Morgan fingerprint density at radius 3 is 2.58 bits per heavy atom. The fourth-order valence-electron chi connectivity index (χ4n) is 5.50. The Kier molecular flexibility index (Phi) is 4.58. The van der Waals surface area contributed by atoms with Crippen LogP contribution in [0.25, 0.3) is 0 Å². The zero-order valence-corrected chi connectivity index (χ0v) is 15.4. The van der Waals surface area contributed by atoms with Gasteiger partial charge in [0, 0.05) is 11.3 Å². The van der Waals surface area contributed by atoms with Gasteiger partial charge in [-0.25, -0.2) is 0 Å². The minimum Gasteiger partial charge on any atom is -0.348 e. The summed E-state index contributed by atoms with van der Waals surface area (Å²) in [6.45, 7) is 3.52. The van der Waals surface area contributed by atoms with Gasteiger partial charge in [0.1, 0.15) is 6.33 Å². The van der Waals surface area contributed by atoms with Crippen LogP contribution in [0, 0.1) is 17.8 Å². The van der Waals surface area contributed by atoms with Crippen LogP contribution in [0.15, 0.2) is 6.33 Å². The van der Waals surface area contributed by atoms with Gasteiger partial charge in [-0.05, 0) is 62.7 Å². The lowest BCUT2D eigenvalue weighted by Crippen LogP contribution is -2.49. The molecule has 1 aromatic rings. The molecule has 6 heteroatoms. The van der Waals surface area contributed by atoms with Crippen LogP contribution in [0.2, 0.25) is 0 Å². The van der Waals surface area contributed by atoms with Gasteiger partial charge in [-0.1, -0.05) is 6.92 Å². The van der Waals surface area contributed by atoms with Crippen LogP contribution < -0.4 is 5.32 Å². The van der Waals surface area contributed by atoms with Crippen LogP contribution in [-0.2, 0) is 17.9 Å². The van der Waals surface area contributed by atoms with E-state index in [1.165, 1.54) is 38.5 Å². The van der Waals surface area contributed by atoms with Crippen LogP contribution in [0.3, 0.4) is 0 Å². The average molecular weight is 349 g/mol. The summed E-state index contributed by atoms with van der Waals surface area (Å²) < 4.78 is 2.43. The predicted molar refractivity (Wildman–Crippen MR) is 95.5 cm³/mol. The van der Waals surface area contributed by atoms with Gasteiger partial charge in [-0.3, -0.25) is 4.79 Å². The average Bonchev–Trinajstić information content (AvgIpc) is 2.97. The Morgan fingerprint density at radius 1 is 1.29 bits per heavy atom. The molecule has 1 heterocycles. The molecule has 1 N–H and O–H groups in total. The molecule has 0 aliphatic heterocycles. The highest BCUT2D eigenvalue weighted by atomic mass is 32.2. The maximum atomic E-state index is 12.3. The maximum Gasteiger partial charge on any atom is 0.230 e. The van der Waals surface area contributed by atoms with Gasteiger partial charge in [-0.2, -0.15) is 0 Å². The van der Waals surface area contributed by atoms with Gasteiger partial charge < -0.3 is 9.88 Å². The van der Waals surface area contributed by atoms with Crippen molar-refractivity contribution < 1.29 is 4.79 Å². The minimum absolute atomic E-state index is 0.141. The summed E-state index contributed by atoms with van der Waals surface area (Å²) in [4.78, 5) is 12.3. The Hall–Kier alpha value is -1.04. The van der Waals surface area contributed by atoms with E-state index in [1.54, 1.807) is 6.33 Å². The minimum atomic E-state index is 0.141. The number of nitrogens with one attached hydrogen (secondary N) is 1. The summed E-state index contributed by atoms with van der Waals surface area (Å²) in [5.74, 6) is 4.42. The standard InChI is InChI=1S/C18H28N4OS/c1-2-3-22-12-20-21-16(22)10-19-17(23)11-24-18-7-13-4-14(8-18)6-15(5-13)9-18/h12-15H,2-11H2,1H3,(H,19,23). The van der Waals surface area contributed by atoms with Gasteiger partial charge in [0.25, 0.3) is 0 Å². The first kappa shape index (κ1) is 16.4. The van der Waals surface area contributed by atoms with E-state index in [9.17, 15) is 4.79 Å². The SMILES string of the molecule is CCCn1cnnc1CNC(=O)CSC12CC3CC(CC(C3)C1)C2. The van der Waals surface area contributed by atoms with Crippen molar-refractivity contribution in [2.75, 3.05) is 5.75 Å². The highest BCUT2D eigenvalue weighted by Crippen LogP contribution is 2.60. The van der Waals surface area contributed by atoms with Crippen molar-refractivity contribution in [3.63, 3.8) is 0 Å². The molecule has 5 nitrogen and oxygen atoms in total. The van der Waals surface area contributed by atoms with Gasteiger partial charge >= 0.3 is 0 Å². The molecule has 0 radical (unpaired) electrons. The number of amides is 1. The molecule has 4 aliphatic carbocycles. The predicted octanol–water partition coefficient (Wildman–Crippen LogP) is 3.01. The topological polar surface area (TPSA) is 59.8 Å². The lowest BCUT2D eigenvalue weighted by molar-refractivity contribution is -0.118. The van der Waals surface area contributed by atoms with Crippen LogP contribution in [0.1, 0.15) is 57.7 Å². The highest BCUT2D eigenvalue weighted by molar-refractivity contribution is 8.01. The molecule has 1 aromatic heterocycles. The van der Waals surface area contributed by atoms with E-state index in [4.69, 9.17) is 0 Å². The zero-order chi connectivity index (χ0) is 16.6. The second kappa shape index (κ2) is 6.70. The van der Waals surface area contributed by atoms with Gasteiger partial charge in [0.2, 0.25) is 5.91 Å². The van der Waals surface area contributed by atoms with Gasteiger partial charge in [0.05, 0.1) is 12.3 Å². The fourth-order valence-corrected chi connectivity index (χ4v) is 7.10. The van der Waals surface area contributed by atoms with Crippen molar-refractivity contribution >= 4 is 17.7 Å². The first-order valence-electron chi connectivity index (χ1n) is 9.43. The van der Waals surface area contributed by atoms with Gasteiger partial charge in [0.15, 0.2) is 5.82 Å². The lowest BCUT2D eigenvalue weighted by Gasteiger charge is -2.56. The number of rotatable bonds is 7. The smallest absolute Gasteiger partial charge is 0.230 e. The Labute approximate surface area is 148 Å². The second-order valence-corrected chi connectivity index (χ2v) is 9.55. The van der Waals surface area contributed by atoms with Crippen molar-refractivity contribution in [1.82, 2.24) is 20.1 Å². The number of aryl methyl sites for hydroxylation is 1. The number of nitrogens with zero attached hydrogens (tertiary/aromatic N) is 3. The first-order chi connectivity index (χ1) is 11.7. The summed E-state index contributed by atoms with van der Waals surface area (Å²) in [6.07, 6.45) is 11.2. The fraction of sp³-hybridized carbons (Fsp3) is 0.833. The third kappa shape index (κ3) is 3.35. The molecule has 0 saturated heterocycles. The van der Waals surface area contributed by atoms with Gasteiger partial charge in [-0.15, -0.1) is 22.0 Å². The zero-order valence-electron chi connectivity index (χ0n) is 14.5. The molecule has 4 saturated carbocycles. The summed E-state index contributed by atoms with van der Waals surface area (Å²) in [5.41, 5.74) is 0. The number of carbonyl (C=O) groups excluding carboxylic acids is 1. The van der Waals surface area contributed by atoms with Crippen LogP contribution >= 0.6 is 11.8 Å². The van der Waals surface area contributed by atoms with Crippen molar-refractivity contribution in [2.45, 2.75) is 69.7 Å². The lowest BCUT2D eigenvalue weighted by atomic mass is 9.56. The second-order valence-electron chi connectivity index (χ2n) is 8.11. The molecule has 0 unspecified atom stereocenters. The number of hydrogen-bond donors (Lipinski definition) is 1. The largest absolute Gasteiger partial charge is 0.348 e. The Morgan fingerprint density at radius 2 is 1.96 bits per heavy atom. The van der Waals surface area contributed by atoms with E-state index in [1.807, 2.05) is 16.3 Å². The molecule has 4 bridgehead atoms. The summed E-state index contributed by atoms with van der Waals surface area (Å²) in [5, 5.41) is 11.1. The van der Waals surface area contributed by atoms with E-state index in [2.05, 4.69) is 22.4 Å². The summed E-state index contributed by atoms with van der Waals surface area (Å²) in [7, 11) is 0. The monoisotopic (exact) mass is 348 g/mol. The Balaban J connectivity index is 1.27. The third-order valence-corrected chi connectivity index (χ3v) is 7.61. The molecule has 4 aliphatic rings. The molecule has 0 aromatic carbocycles. The summed E-state index contributed by atoms with van der Waals surface area (Å²) >= 11 is 1.94. The molecule has 0 atom stereocenters. The molecule has 4 fully saturated rings. The normalized spacial score (nSPS) is 33.8. The molecule has 0 spiro atoms. The highest BCUT2D eigenvalue weighted by Gasteiger charge is 2.51. The number of carbonyl (C=O) groups is 1. The van der Waals surface area contributed by atoms with Crippen LogP contribution in [0.5, 0.6) is 0 Å². The van der Waals surface area contributed by atoms with Crippen molar-refractivity contribution in [3.05, 3.63) is 12.2 Å². The molecule has 1 amide bonds. The van der Waals surface area contributed by atoms with E-state index >= 15 is 0 Å². The molecular weight excluding hydrogens is 320 g/mol. The molecule has 24 heavy (non-hydrogen) atoms. The quantitative estimate of drug-likeness (QED) is 0.823. The van der Waals surface area contributed by atoms with E-state index in [-0.39, 0.29) is 5.91 Å². The summed E-state index contributed by atoms with van der Waals surface area (Å²) in [6, 6.07) is 0. The van der Waals surface area contributed by atoms with E-state index < -0.39 is 0 Å². The van der Waals surface area contributed by atoms with E-state index in [0.717, 1.165) is 36.5 Å². The molecule has 132 valence electrons. The maximum absolute atomic E-state index is 12.3. The van der Waals surface area contributed by atoms with Crippen molar-refractivity contribution in [1.29, 1.82) is 0 Å². The number of aromatic nitrogens is 3. The van der Waals surface area contributed by atoms with Crippen LogP contribution in [-0.4, -0.2) is 31.2 Å². The number of thioether (sulfide) groups is 1. The first-order valence-corrected chi connectivity index (χ1v) is 10.4. The molecular formula is C18H28N4OS. The Bertz CT molecular complexity index is 564. The molecule has 5 rings (SSSR count). The van der Waals surface area contributed by atoms with Crippen LogP contribution in [0.4, 0.5) is 0 Å².